The Morgan fingerprint density at radius 1 is 1.29 bits per heavy atom. The molecule has 1 fully saturated rings. The number of nitrogens with zero attached hydrogens (tertiary/aromatic N) is 1. The lowest BCUT2D eigenvalue weighted by molar-refractivity contribution is -0.0576. The van der Waals surface area contributed by atoms with Gasteiger partial charge in [0.25, 0.3) is 0 Å². The summed E-state index contributed by atoms with van der Waals surface area (Å²) in [6.45, 7) is 1.03. The number of rotatable bonds is 2. The van der Waals surface area contributed by atoms with E-state index >= 15 is 0 Å². The van der Waals surface area contributed by atoms with Crippen molar-refractivity contribution in [3.63, 3.8) is 0 Å². The van der Waals surface area contributed by atoms with Gasteiger partial charge in [-0.25, -0.2) is 0 Å². The van der Waals surface area contributed by atoms with E-state index in [9.17, 15) is 0 Å². The van der Waals surface area contributed by atoms with Crippen LogP contribution in [0, 0.1) is 0 Å². The van der Waals surface area contributed by atoms with Crippen molar-refractivity contribution in [1.29, 1.82) is 0 Å². The van der Waals surface area contributed by atoms with Crippen molar-refractivity contribution in [2.24, 2.45) is 5.73 Å². The Kier molecular flexibility index (Phi) is 2.76. The molecule has 0 radical (unpaired) electrons. The molecule has 17 heavy (non-hydrogen) atoms. The average Bonchev–Trinajstić information content (AvgIpc) is 2.87. The first-order valence-corrected chi connectivity index (χ1v) is 5.68. The largest absolute Gasteiger partial charge is 0.346 e. The Bertz CT molecular complexity index is 524. The Morgan fingerprint density at radius 2 is 2.18 bits per heavy atom. The number of hydrogen-bond donors (Lipinski definition) is 1. The topological polar surface area (TPSA) is 57.4 Å². The molecule has 1 aromatic heterocycles. The molecule has 2 aromatic rings. The van der Waals surface area contributed by atoms with Gasteiger partial charge >= 0.3 is 0 Å². The predicted molar refractivity (Wildman–Crippen MR) is 64.4 cm³/mol. The lowest BCUT2D eigenvalue weighted by Gasteiger charge is -2.12. The van der Waals surface area contributed by atoms with Gasteiger partial charge in [-0.15, -0.1) is 0 Å². The molecule has 2 heterocycles. The van der Waals surface area contributed by atoms with Gasteiger partial charge in [0.15, 0.2) is 6.29 Å². The van der Waals surface area contributed by atoms with E-state index in [4.69, 9.17) is 15.2 Å². The molecule has 4 heteroatoms. The highest BCUT2D eigenvalue weighted by Crippen LogP contribution is 2.30. The monoisotopic (exact) mass is 230 g/mol. The first-order chi connectivity index (χ1) is 8.38. The van der Waals surface area contributed by atoms with Gasteiger partial charge in [-0.2, -0.15) is 0 Å². The highest BCUT2D eigenvalue weighted by molar-refractivity contribution is 5.84. The summed E-state index contributed by atoms with van der Waals surface area (Å²) in [6.07, 6.45) is 3.28. The van der Waals surface area contributed by atoms with Crippen LogP contribution >= 0.6 is 0 Å². The zero-order valence-corrected chi connectivity index (χ0v) is 9.37. The summed E-state index contributed by atoms with van der Waals surface area (Å²) in [5.41, 5.74) is 6.54. The molecule has 0 amide bonds. The molecule has 1 aromatic carbocycles. The number of hydrogen-bond acceptors (Lipinski definition) is 4. The first-order valence-electron chi connectivity index (χ1n) is 5.68. The van der Waals surface area contributed by atoms with Gasteiger partial charge in [0.05, 0.1) is 12.7 Å². The number of aromatic nitrogens is 1. The number of fused-ring (bicyclic) bond motifs is 1. The molecule has 2 atom stereocenters. The quantitative estimate of drug-likeness (QED) is 0.851. The smallest absolute Gasteiger partial charge is 0.186 e. The molecule has 1 aliphatic rings. The van der Waals surface area contributed by atoms with E-state index in [1.807, 2.05) is 24.4 Å². The molecule has 2 N–H and O–H groups in total. The van der Waals surface area contributed by atoms with Gasteiger partial charge in [-0.05, 0) is 5.39 Å². The molecule has 1 aliphatic heterocycles. The highest BCUT2D eigenvalue weighted by atomic mass is 16.7. The van der Waals surface area contributed by atoms with E-state index in [1.165, 1.54) is 0 Å². The Morgan fingerprint density at radius 3 is 3.00 bits per heavy atom. The third-order valence-electron chi connectivity index (χ3n) is 2.97. The molecule has 0 spiro atoms. The zero-order chi connectivity index (χ0) is 11.7. The second-order valence-corrected chi connectivity index (χ2v) is 4.11. The number of nitrogens with two attached hydrogens (primary N) is 1. The third-order valence-corrected chi connectivity index (χ3v) is 2.97. The van der Waals surface area contributed by atoms with E-state index < -0.39 is 0 Å². The lowest BCUT2D eigenvalue weighted by Crippen LogP contribution is -2.21. The molecule has 0 bridgehead atoms. The average molecular weight is 230 g/mol. The molecule has 1 saturated heterocycles. The molecular formula is C13H14N2O2. The summed E-state index contributed by atoms with van der Waals surface area (Å²) in [4.78, 5) is 4.22. The van der Waals surface area contributed by atoms with Crippen molar-refractivity contribution in [2.45, 2.75) is 12.4 Å². The lowest BCUT2D eigenvalue weighted by atomic mass is 10.1. The van der Waals surface area contributed by atoms with Crippen LogP contribution in [0.4, 0.5) is 0 Å². The Labute approximate surface area is 99.4 Å². The number of ether oxygens (including phenoxy) is 2. The van der Waals surface area contributed by atoms with Gasteiger partial charge in [0, 0.05) is 29.9 Å². The highest BCUT2D eigenvalue weighted by Gasteiger charge is 2.27. The maximum atomic E-state index is 5.72. The van der Waals surface area contributed by atoms with Crippen LogP contribution in [0.3, 0.4) is 0 Å². The molecule has 4 nitrogen and oxygen atoms in total. The van der Waals surface area contributed by atoms with Gasteiger partial charge in [0.2, 0.25) is 0 Å². The van der Waals surface area contributed by atoms with Crippen LogP contribution in [-0.2, 0) is 9.47 Å². The van der Waals surface area contributed by atoms with Gasteiger partial charge in [-0.3, -0.25) is 4.98 Å². The van der Waals surface area contributed by atoms with Crippen LogP contribution in [0.15, 0.2) is 36.7 Å². The second kappa shape index (κ2) is 4.41. The van der Waals surface area contributed by atoms with Crippen molar-refractivity contribution < 1.29 is 9.47 Å². The molecule has 88 valence electrons. The van der Waals surface area contributed by atoms with Crippen molar-refractivity contribution in [2.75, 3.05) is 13.2 Å². The summed E-state index contributed by atoms with van der Waals surface area (Å²) in [5, 5.41) is 2.21. The molecule has 2 unspecified atom stereocenters. The summed E-state index contributed by atoms with van der Waals surface area (Å²) in [7, 11) is 0. The minimum atomic E-state index is -0.345. The molecule has 0 aliphatic carbocycles. The van der Waals surface area contributed by atoms with Gasteiger partial charge < -0.3 is 15.2 Å². The van der Waals surface area contributed by atoms with E-state index in [0.717, 1.165) is 16.3 Å². The van der Waals surface area contributed by atoms with Crippen molar-refractivity contribution in [1.82, 2.24) is 4.98 Å². The van der Waals surface area contributed by atoms with Crippen molar-refractivity contribution in [3.8, 4) is 0 Å². The predicted octanol–water partition coefficient (Wildman–Crippen LogP) is 1.61. The molecule has 3 rings (SSSR count). The first kappa shape index (κ1) is 10.7. The SMILES string of the molecule is NCC1COC(c2cncc3ccccc23)O1. The standard InChI is InChI=1S/C13H14N2O2/c14-5-10-8-16-13(17-10)12-7-15-6-9-3-1-2-4-11(9)12/h1-4,6-7,10,13H,5,8,14H2. The van der Waals surface area contributed by atoms with Crippen LogP contribution in [0.5, 0.6) is 0 Å². The van der Waals surface area contributed by atoms with Crippen LogP contribution < -0.4 is 5.73 Å². The summed E-state index contributed by atoms with van der Waals surface area (Å²) >= 11 is 0. The summed E-state index contributed by atoms with van der Waals surface area (Å²) < 4.78 is 11.3. The van der Waals surface area contributed by atoms with Gasteiger partial charge in [-0.1, -0.05) is 24.3 Å². The fourth-order valence-electron chi connectivity index (χ4n) is 2.06. The maximum Gasteiger partial charge on any atom is 0.186 e. The minimum Gasteiger partial charge on any atom is -0.346 e. The van der Waals surface area contributed by atoms with E-state index in [0.29, 0.717) is 13.2 Å². The third kappa shape index (κ3) is 1.91. The van der Waals surface area contributed by atoms with E-state index in [2.05, 4.69) is 11.1 Å². The number of benzene rings is 1. The maximum absolute atomic E-state index is 5.72. The van der Waals surface area contributed by atoms with E-state index in [1.54, 1.807) is 6.20 Å². The van der Waals surface area contributed by atoms with Crippen LogP contribution in [0.1, 0.15) is 11.9 Å². The Hall–Kier alpha value is -1.49. The summed E-state index contributed by atoms with van der Waals surface area (Å²) in [6, 6.07) is 8.07. The fraction of sp³-hybridized carbons (Fsp3) is 0.308. The Balaban J connectivity index is 2.00. The van der Waals surface area contributed by atoms with Crippen molar-refractivity contribution >= 4 is 10.8 Å². The minimum absolute atomic E-state index is 0.0148. The van der Waals surface area contributed by atoms with Crippen LogP contribution in [0.25, 0.3) is 10.8 Å². The van der Waals surface area contributed by atoms with Crippen LogP contribution in [0.2, 0.25) is 0 Å². The molecular weight excluding hydrogens is 216 g/mol. The second-order valence-electron chi connectivity index (χ2n) is 4.11. The van der Waals surface area contributed by atoms with Crippen molar-refractivity contribution in [3.05, 3.63) is 42.2 Å². The summed E-state index contributed by atoms with van der Waals surface area (Å²) in [5.74, 6) is 0. The van der Waals surface area contributed by atoms with Crippen LogP contribution in [-0.4, -0.2) is 24.2 Å². The normalized spacial score (nSPS) is 24.3. The van der Waals surface area contributed by atoms with Gasteiger partial charge in [0.1, 0.15) is 0 Å². The van der Waals surface area contributed by atoms with E-state index in [-0.39, 0.29) is 12.4 Å². The fourth-order valence-corrected chi connectivity index (χ4v) is 2.06. The zero-order valence-electron chi connectivity index (χ0n) is 9.37. The number of pyridine rings is 1. The molecule has 0 saturated carbocycles.